The third-order valence-corrected chi connectivity index (χ3v) is 3.53. The molecular weight excluding hydrogens is 202 g/mol. The second-order valence-electron chi connectivity index (χ2n) is 4.66. The van der Waals surface area contributed by atoms with Gasteiger partial charge in [0.05, 0.1) is 17.1 Å². The Morgan fingerprint density at radius 3 is 2.81 bits per heavy atom. The number of aromatic nitrogens is 4. The van der Waals surface area contributed by atoms with E-state index in [9.17, 15) is 0 Å². The minimum absolute atomic E-state index is 0.507. The van der Waals surface area contributed by atoms with Crippen LogP contribution in [0.25, 0.3) is 11.0 Å². The van der Waals surface area contributed by atoms with Crippen molar-refractivity contribution in [1.82, 2.24) is 20.0 Å². The molecule has 5 nitrogen and oxygen atoms in total. The number of aryl methyl sites for hydroxylation is 1. The molecule has 0 spiro atoms. The molecule has 0 unspecified atom stereocenters. The Balaban J connectivity index is 2.09. The molecule has 86 valence electrons. The zero-order valence-electron chi connectivity index (χ0n) is 9.53. The van der Waals surface area contributed by atoms with E-state index in [1.54, 1.807) is 0 Å². The Labute approximate surface area is 94.0 Å². The highest BCUT2D eigenvalue weighted by atomic mass is 15.4. The van der Waals surface area contributed by atoms with Crippen molar-refractivity contribution >= 4 is 16.9 Å². The van der Waals surface area contributed by atoms with Gasteiger partial charge in [-0.3, -0.25) is 5.10 Å². The molecule has 0 bridgehead atoms. The molecule has 3 rings (SSSR count). The van der Waals surface area contributed by atoms with Gasteiger partial charge in [0.2, 0.25) is 0 Å². The Hall–Kier alpha value is -1.52. The Bertz CT molecular complexity index is 504. The van der Waals surface area contributed by atoms with Crippen molar-refractivity contribution in [3.05, 3.63) is 5.69 Å². The lowest BCUT2D eigenvalue weighted by Gasteiger charge is -2.21. The maximum Gasteiger partial charge on any atom is 0.182 e. The lowest BCUT2D eigenvalue weighted by molar-refractivity contribution is 0.334. The van der Waals surface area contributed by atoms with Crippen LogP contribution in [0.1, 0.15) is 43.8 Å². The Kier molecular flexibility index (Phi) is 2.12. The molecule has 2 aromatic rings. The average Bonchev–Trinajstić information content (AvgIpc) is 2.83. The van der Waals surface area contributed by atoms with Crippen LogP contribution < -0.4 is 5.73 Å². The zero-order valence-corrected chi connectivity index (χ0v) is 9.53. The summed E-state index contributed by atoms with van der Waals surface area (Å²) in [7, 11) is 0. The van der Waals surface area contributed by atoms with E-state index in [4.69, 9.17) is 5.73 Å². The maximum absolute atomic E-state index is 5.85. The SMILES string of the molecule is Cc1nn(C2CCCCC2)c2n[nH]c(N)c12. The smallest absolute Gasteiger partial charge is 0.182 e. The van der Waals surface area contributed by atoms with Crippen molar-refractivity contribution in [2.75, 3.05) is 5.73 Å². The fourth-order valence-corrected chi connectivity index (χ4v) is 2.71. The van der Waals surface area contributed by atoms with E-state index in [1.807, 2.05) is 6.92 Å². The summed E-state index contributed by atoms with van der Waals surface area (Å²) in [4.78, 5) is 0. The highest BCUT2D eigenvalue weighted by Gasteiger charge is 2.21. The number of nitrogens with two attached hydrogens (primary N) is 1. The van der Waals surface area contributed by atoms with Crippen molar-refractivity contribution in [2.45, 2.75) is 45.1 Å². The second kappa shape index (κ2) is 3.50. The minimum atomic E-state index is 0.507. The molecule has 0 atom stereocenters. The molecule has 1 aliphatic carbocycles. The average molecular weight is 219 g/mol. The summed E-state index contributed by atoms with van der Waals surface area (Å²) in [5.41, 5.74) is 7.75. The van der Waals surface area contributed by atoms with Gasteiger partial charge in [0, 0.05) is 0 Å². The van der Waals surface area contributed by atoms with E-state index in [2.05, 4.69) is 20.0 Å². The molecule has 0 saturated heterocycles. The summed E-state index contributed by atoms with van der Waals surface area (Å²) in [5, 5.41) is 12.7. The van der Waals surface area contributed by atoms with Gasteiger partial charge in [0.25, 0.3) is 0 Å². The lowest BCUT2D eigenvalue weighted by Crippen LogP contribution is -2.14. The number of rotatable bonds is 1. The van der Waals surface area contributed by atoms with Crippen LogP contribution in [0, 0.1) is 6.92 Å². The number of hydrogen-bond donors (Lipinski definition) is 2. The first kappa shape index (κ1) is 9.69. The van der Waals surface area contributed by atoms with Gasteiger partial charge in [-0.05, 0) is 19.8 Å². The van der Waals surface area contributed by atoms with E-state index in [0.717, 1.165) is 16.7 Å². The molecule has 2 heterocycles. The third-order valence-electron chi connectivity index (χ3n) is 3.53. The van der Waals surface area contributed by atoms with Gasteiger partial charge in [-0.25, -0.2) is 4.68 Å². The van der Waals surface area contributed by atoms with Crippen molar-refractivity contribution < 1.29 is 0 Å². The molecule has 0 amide bonds. The molecule has 0 aromatic carbocycles. The van der Waals surface area contributed by atoms with E-state index < -0.39 is 0 Å². The summed E-state index contributed by atoms with van der Waals surface area (Å²) in [5.74, 6) is 0.634. The van der Waals surface area contributed by atoms with E-state index >= 15 is 0 Å². The largest absolute Gasteiger partial charge is 0.383 e. The topological polar surface area (TPSA) is 72.5 Å². The first-order valence-corrected chi connectivity index (χ1v) is 5.96. The van der Waals surface area contributed by atoms with E-state index in [0.29, 0.717) is 11.9 Å². The standard InChI is InChI=1S/C11H17N5/c1-7-9-10(12)13-14-11(9)16(15-7)8-5-3-2-4-6-8/h8H,2-6H2,1H3,(H3,12,13,14). The molecule has 0 aliphatic heterocycles. The van der Waals surface area contributed by atoms with Crippen molar-refractivity contribution in [1.29, 1.82) is 0 Å². The van der Waals surface area contributed by atoms with Gasteiger partial charge in [-0.15, -0.1) is 0 Å². The van der Waals surface area contributed by atoms with Gasteiger partial charge in [0.1, 0.15) is 5.82 Å². The number of nitrogen functional groups attached to an aromatic ring is 1. The van der Waals surface area contributed by atoms with Crippen molar-refractivity contribution in [3.8, 4) is 0 Å². The van der Waals surface area contributed by atoms with Crippen LogP contribution in [0.2, 0.25) is 0 Å². The van der Waals surface area contributed by atoms with Crippen LogP contribution in [0.15, 0.2) is 0 Å². The fourth-order valence-electron chi connectivity index (χ4n) is 2.71. The fraction of sp³-hybridized carbons (Fsp3) is 0.636. The Morgan fingerprint density at radius 2 is 2.06 bits per heavy atom. The van der Waals surface area contributed by atoms with Gasteiger partial charge < -0.3 is 5.73 Å². The first-order chi connectivity index (χ1) is 7.77. The van der Waals surface area contributed by atoms with Crippen LogP contribution in [0.5, 0.6) is 0 Å². The van der Waals surface area contributed by atoms with Crippen LogP contribution in [-0.2, 0) is 0 Å². The number of nitrogens with zero attached hydrogens (tertiary/aromatic N) is 3. The molecule has 16 heavy (non-hydrogen) atoms. The summed E-state index contributed by atoms with van der Waals surface area (Å²) in [6, 6.07) is 0.507. The predicted octanol–water partition coefficient (Wildman–Crippen LogP) is 2.16. The van der Waals surface area contributed by atoms with E-state index in [-0.39, 0.29) is 0 Å². The molecular formula is C11H17N5. The van der Waals surface area contributed by atoms with Crippen molar-refractivity contribution in [3.63, 3.8) is 0 Å². The van der Waals surface area contributed by atoms with Gasteiger partial charge in [-0.2, -0.15) is 10.2 Å². The van der Waals surface area contributed by atoms with E-state index in [1.165, 1.54) is 32.1 Å². The first-order valence-electron chi connectivity index (χ1n) is 5.96. The summed E-state index contributed by atoms with van der Waals surface area (Å²) >= 11 is 0. The number of fused-ring (bicyclic) bond motifs is 1. The summed E-state index contributed by atoms with van der Waals surface area (Å²) in [6.07, 6.45) is 6.37. The molecule has 1 saturated carbocycles. The molecule has 3 N–H and O–H groups in total. The zero-order chi connectivity index (χ0) is 11.1. The molecule has 2 aromatic heterocycles. The summed E-state index contributed by atoms with van der Waals surface area (Å²) < 4.78 is 2.07. The monoisotopic (exact) mass is 219 g/mol. The highest BCUT2D eigenvalue weighted by molar-refractivity contribution is 5.88. The second-order valence-corrected chi connectivity index (χ2v) is 4.66. The Morgan fingerprint density at radius 1 is 1.31 bits per heavy atom. The number of anilines is 1. The number of hydrogen-bond acceptors (Lipinski definition) is 3. The number of nitrogens with one attached hydrogen (secondary N) is 1. The maximum atomic E-state index is 5.85. The molecule has 0 radical (unpaired) electrons. The van der Waals surface area contributed by atoms with Gasteiger partial charge in [0.15, 0.2) is 5.65 Å². The van der Waals surface area contributed by atoms with Crippen LogP contribution >= 0.6 is 0 Å². The minimum Gasteiger partial charge on any atom is -0.383 e. The number of aromatic amines is 1. The van der Waals surface area contributed by atoms with Crippen LogP contribution in [0.4, 0.5) is 5.82 Å². The molecule has 5 heteroatoms. The molecule has 1 fully saturated rings. The van der Waals surface area contributed by atoms with Crippen LogP contribution in [-0.4, -0.2) is 20.0 Å². The normalized spacial score (nSPS) is 18.3. The quantitative estimate of drug-likeness (QED) is 0.772. The summed E-state index contributed by atoms with van der Waals surface area (Å²) in [6.45, 7) is 1.99. The highest BCUT2D eigenvalue weighted by Crippen LogP contribution is 2.32. The third kappa shape index (κ3) is 1.31. The van der Waals surface area contributed by atoms with Crippen molar-refractivity contribution in [2.24, 2.45) is 0 Å². The van der Waals surface area contributed by atoms with Gasteiger partial charge >= 0.3 is 0 Å². The lowest BCUT2D eigenvalue weighted by atomic mass is 9.96. The predicted molar refractivity (Wildman–Crippen MR) is 63.2 cm³/mol. The van der Waals surface area contributed by atoms with Gasteiger partial charge in [-0.1, -0.05) is 19.3 Å². The number of H-pyrrole nitrogens is 1. The molecule has 1 aliphatic rings. The van der Waals surface area contributed by atoms with Crippen LogP contribution in [0.3, 0.4) is 0 Å².